The summed E-state index contributed by atoms with van der Waals surface area (Å²) in [7, 11) is 1.97. The number of anilines is 1. The summed E-state index contributed by atoms with van der Waals surface area (Å²) in [6.07, 6.45) is 5.72. The van der Waals surface area contributed by atoms with E-state index >= 15 is 0 Å². The molecule has 1 aliphatic heterocycles. The van der Waals surface area contributed by atoms with Gasteiger partial charge >= 0.3 is 5.97 Å². The summed E-state index contributed by atoms with van der Waals surface area (Å²) >= 11 is 0. The van der Waals surface area contributed by atoms with Crippen molar-refractivity contribution in [2.75, 3.05) is 11.4 Å². The number of aromatic nitrogens is 1. The number of carbonyl (C=O) groups excluding carboxylic acids is 1. The van der Waals surface area contributed by atoms with E-state index in [2.05, 4.69) is 4.90 Å². The van der Waals surface area contributed by atoms with Crippen molar-refractivity contribution in [3.63, 3.8) is 0 Å². The van der Waals surface area contributed by atoms with E-state index in [1.165, 1.54) is 0 Å². The van der Waals surface area contributed by atoms with Gasteiger partial charge in [0, 0.05) is 32.0 Å². The number of ether oxygens (including phenoxy) is 1. The van der Waals surface area contributed by atoms with Gasteiger partial charge in [0.05, 0.1) is 5.69 Å². The van der Waals surface area contributed by atoms with Gasteiger partial charge in [-0.15, -0.1) is 0 Å². The number of rotatable bonds is 3. The number of nitrogens with two attached hydrogens (primary N) is 1. The highest BCUT2D eigenvalue weighted by atomic mass is 16.6. The molecule has 2 heterocycles. The van der Waals surface area contributed by atoms with Gasteiger partial charge in [0.2, 0.25) is 0 Å². The van der Waals surface area contributed by atoms with Crippen molar-refractivity contribution < 1.29 is 9.53 Å². The normalized spacial score (nSPS) is 23.1. The van der Waals surface area contributed by atoms with Crippen molar-refractivity contribution in [1.29, 1.82) is 0 Å². The molecule has 20 heavy (non-hydrogen) atoms. The minimum absolute atomic E-state index is 0.155. The van der Waals surface area contributed by atoms with Gasteiger partial charge < -0.3 is 19.9 Å². The summed E-state index contributed by atoms with van der Waals surface area (Å²) in [5.74, 6) is -0.155. The molecule has 5 nitrogen and oxygen atoms in total. The van der Waals surface area contributed by atoms with Crippen LogP contribution in [0.1, 0.15) is 33.6 Å². The average Bonchev–Trinajstić information content (AvgIpc) is 2.91. The highest BCUT2D eigenvalue weighted by Crippen LogP contribution is 2.31. The second-order valence-corrected chi connectivity index (χ2v) is 6.46. The van der Waals surface area contributed by atoms with Gasteiger partial charge in [0.1, 0.15) is 11.6 Å². The lowest BCUT2D eigenvalue weighted by Crippen LogP contribution is -2.46. The predicted molar refractivity (Wildman–Crippen MR) is 79.6 cm³/mol. The van der Waals surface area contributed by atoms with E-state index in [-0.39, 0.29) is 18.1 Å². The molecule has 1 aromatic heterocycles. The third kappa shape index (κ3) is 3.15. The molecule has 0 unspecified atom stereocenters. The largest absolute Gasteiger partial charge is 0.458 e. The van der Waals surface area contributed by atoms with Crippen LogP contribution in [-0.2, 0) is 16.6 Å². The molecule has 0 spiro atoms. The molecule has 0 radical (unpaired) electrons. The Balaban J connectivity index is 2.21. The van der Waals surface area contributed by atoms with Crippen LogP contribution in [0.3, 0.4) is 0 Å². The Morgan fingerprint density at radius 2 is 2.15 bits per heavy atom. The average molecular weight is 279 g/mol. The fourth-order valence-electron chi connectivity index (χ4n) is 2.75. The zero-order chi connectivity index (χ0) is 14.9. The summed E-state index contributed by atoms with van der Waals surface area (Å²) in [5, 5.41) is 0. The first kappa shape index (κ1) is 14.9. The second-order valence-electron chi connectivity index (χ2n) is 6.46. The molecule has 2 N–H and O–H groups in total. The van der Waals surface area contributed by atoms with E-state index in [4.69, 9.17) is 10.5 Å². The summed E-state index contributed by atoms with van der Waals surface area (Å²) in [5.41, 5.74) is 6.44. The van der Waals surface area contributed by atoms with Crippen LogP contribution in [0.5, 0.6) is 0 Å². The molecule has 112 valence electrons. The number of hydrogen-bond donors (Lipinski definition) is 1. The summed E-state index contributed by atoms with van der Waals surface area (Å²) in [4.78, 5) is 14.5. The van der Waals surface area contributed by atoms with E-state index in [9.17, 15) is 4.79 Å². The van der Waals surface area contributed by atoms with Gasteiger partial charge in [-0.25, -0.2) is 4.79 Å². The van der Waals surface area contributed by atoms with Crippen molar-refractivity contribution in [2.24, 2.45) is 12.8 Å². The van der Waals surface area contributed by atoms with Gasteiger partial charge in [-0.1, -0.05) is 0 Å². The zero-order valence-corrected chi connectivity index (χ0v) is 12.8. The number of aryl methyl sites for hydroxylation is 1. The minimum Gasteiger partial charge on any atom is -0.458 e. The lowest BCUT2D eigenvalue weighted by atomic mass is 10.1. The van der Waals surface area contributed by atoms with Crippen LogP contribution >= 0.6 is 0 Å². The fourth-order valence-corrected chi connectivity index (χ4v) is 2.75. The molecule has 2 rings (SSSR count). The van der Waals surface area contributed by atoms with Crippen LogP contribution in [0.15, 0.2) is 18.5 Å². The van der Waals surface area contributed by atoms with Gasteiger partial charge in [-0.05, 0) is 39.7 Å². The first-order valence-corrected chi connectivity index (χ1v) is 7.15. The molecule has 0 aliphatic carbocycles. The molecular weight excluding hydrogens is 254 g/mol. The van der Waals surface area contributed by atoms with Crippen molar-refractivity contribution in [3.8, 4) is 0 Å². The summed E-state index contributed by atoms with van der Waals surface area (Å²) in [6, 6.07) is 1.99. The van der Waals surface area contributed by atoms with Gasteiger partial charge in [0.25, 0.3) is 0 Å². The predicted octanol–water partition coefficient (Wildman–Crippen LogP) is 1.66. The Labute approximate surface area is 120 Å². The number of hydrogen-bond acceptors (Lipinski definition) is 4. The van der Waals surface area contributed by atoms with Gasteiger partial charge in [-0.2, -0.15) is 0 Å². The van der Waals surface area contributed by atoms with Crippen molar-refractivity contribution in [2.45, 2.75) is 51.3 Å². The van der Waals surface area contributed by atoms with E-state index < -0.39 is 5.60 Å². The van der Waals surface area contributed by atoms with Crippen LogP contribution in [0.2, 0.25) is 0 Å². The number of esters is 1. The Morgan fingerprint density at radius 3 is 2.65 bits per heavy atom. The second kappa shape index (κ2) is 5.48. The number of carbonyl (C=O) groups is 1. The molecule has 5 heteroatoms. The smallest absolute Gasteiger partial charge is 0.329 e. The summed E-state index contributed by atoms with van der Waals surface area (Å²) < 4.78 is 7.52. The molecule has 1 fully saturated rings. The minimum atomic E-state index is -0.458. The Hall–Kier alpha value is -1.49. The molecule has 0 saturated carbocycles. The van der Waals surface area contributed by atoms with Crippen molar-refractivity contribution in [1.82, 2.24) is 4.57 Å². The third-order valence-electron chi connectivity index (χ3n) is 3.57. The van der Waals surface area contributed by atoms with Crippen molar-refractivity contribution in [3.05, 3.63) is 18.5 Å². The fraction of sp³-hybridized carbons (Fsp3) is 0.667. The Kier molecular flexibility index (Phi) is 4.09. The van der Waals surface area contributed by atoms with Crippen LogP contribution in [0.25, 0.3) is 0 Å². The van der Waals surface area contributed by atoms with Crippen LogP contribution in [0.4, 0.5) is 5.69 Å². The topological polar surface area (TPSA) is 60.5 Å². The van der Waals surface area contributed by atoms with E-state index in [0.29, 0.717) is 6.54 Å². The third-order valence-corrected chi connectivity index (χ3v) is 3.57. The lowest BCUT2D eigenvalue weighted by molar-refractivity contribution is -0.156. The lowest BCUT2D eigenvalue weighted by Gasteiger charge is -2.31. The zero-order valence-electron chi connectivity index (χ0n) is 12.8. The first-order valence-electron chi connectivity index (χ1n) is 7.15. The number of nitrogens with zero attached hydrogens (tertiary/aromatic N) is 2. The molecule has 0 aromatic carbocycles. The monoisotopic (exact) mass is 279 g/mol. The molecule has 1 saturated heterocycles. The van der Waals surface area contributed by atoms with Gasteiger partial charge in [-0.3, -0.25) is 0 Å². The van der Waals surface area contributed by atoms with Crippen molar-refractivity contribution >= 4 is 11.7 Å². The first-order chi connectivity index (χ1) is 9.31. The molecular formula is C15H25N3O2. The van der Waals surface area contributed by atoms with E-state index in [1.54, 1.807) is 0 Å². The molecule has 1 aliphatic rings. The molecule has 2 atom stereocenters. The maximum Gasteiger partial charge on any atom is 0.329 e. The maximum absolute atomic E-state index is 12.4. The SMILES string of the molecule is Cn1ccc(N2[C@@H](CN)CC[C@H]2C(=O)OC(C)(C)C)c1. The Morgan fingerprint density at radius 1 is 1.45 bits per heavy atom. The van der Waals surface area contributed by atoms with Gasteiger partial charge in [0.15, 0.2) is 0 Å². The van der Waals surface area contributed by atoms with E-state index in [0.717, 1.165) is 18.5 Å². The van der Waals surface area contributed by atoms with Crippen LogP contribution < -0.4 is 10.6 Å². The van der Waals surface area contributed by atoms with E-state index in [1.807, 2.05) is 50.8 Å². The highest BCUT2D eigenvalue weighted by molar-refractivity contribution is 5.81. The van der Waals surface area contributed by atoms with Crippen LogP contribution in [-0.4, -0.2) is 34.8 Å². The standard InChI is InChI=1S/C15H25N3O2/c1-15(2,3)20-14(19)13-6-5-11(9-16)18(13)12-7-8-17(4)10-12/h7-8,10-11,13H,5-6,9,16H2,1-4H3/t11-,13+/m1/s1. The quantitative estimate of drug-likeness (QED) is 0.855. The molecule has 0 amide bonds. The summed E-state index contributed by atoms with van der Waals surface area (Å²) in [6.45, 7) is 6.24. The Bertz CT molecular complexity index is 476. The maximum atomic E-state index is 12.4. The molecule has 1 aromatic rings. The molecule has 0 bridgehead atoms. The van der Waals surface area contributed by atoms with Crippen LogP contribution in [0, 0.1) is 0 Å². The highest BCUT2D eigenvalue weighted by Gasteiger charge is 2.39.